The SMILES string of the molecule is C.C.C.C.C.C.C.C.C.C.C.C.C.CCOCC(COCC(COCC(COCCOC)OCC)OCC)OCC.CCOCC(COCC)(COCC)COCCOC.CCOCC(COCCOC)OCC. The Hall–Kier alpha value is -0.680. The molecule has 0 spiro atoms. The summed E-state index contributed by atoms with van der Waals surface area (Å²) < 4.78 is 92.8. The van der Waals surface area contributed by atoms with E-state index >= 15 is 0 Å². The summed E-state index contributed by atoms with van der Waals surface area (Å²) in [6, 6.07) is 0. The third kappa shape index (κ3) is 82.7. The highest BCUT2D eigenvalue weighted by Crippen LogP contribution is 2.20. The van der Waals surface area contributed by atoms with Crippen molar-refractivity contribution >= 4 is 0 Å². The van der Waals surface area contributed by atoms with Crippen LogP contribution in [0.15, 0.2) is 0 Å². The quantitative estimate of drug-likeness (QED) is 0.0530. The Kier molecular flexibility index (Phi) is 154. The molecule has 4 atom stereocenters. The van der Waals surface area contributed by atoms with Gasteiger partial charge in [0, 0.05) is 80.8 Å². The van der Waals surface area contributed by atoms with Crippen molar-refractivity contribution in [2.75, 3.05) is 200 Å². The van der Waals surface area contributed by atoms with Crippen LogP contribution in [0.4, 0.5) is 0 Å². The molecule has 0 rings (SSSR count). The van der Waals surface area contributed by atoms with Gasteiger partial charge in [0.25, 0.3) is 0 Å². The van der Waals surface area contributed by atoms with Crippen LogP contribution in [0.3, 0.4) is 0 Å². The molecule has 0 aromatic heterocycles. The number of hydrogen-bond donors (Lipinski definition) is 0. The average molecular weight is 1100 g/mol. The molecule has 0 amide bonds. The lowest BCUT2D eigenvalue weighted by atomic mass is 9.92. The smallest absolute Gasteiger partial charge is 0.104 e. The van der Waals surface area contributed by atoms with Gasteiger partial charge < -0.3 is 80.5 Å². The summed E-state index contributed by atoms with van der Waals surface area (Å²) >= 11 is 0. The van der Waals surface area contributed by atoms with Crippen molar-refractivity contribution in [1.82, 2.24) is 0 Å². The van der Waals surface area contributed by atoms with Crippen LogP contribution >= 0.6 is 0 Å². The van der Waals surface area contributed by atoms with Gasteiger partial charge in [0.15, 0.2) is 0 Å². The highest BCUT2D eigenvalue weighted by Gasteiger charge is 2.32. The molecule has 74 heavy (non-hydrogen) atoms. The first-order chi connectivity index (χ1) is 29.8. The lowest BCUT2D eigenvalue weighted by molar-refractivity contribution is -0.106. The predicted molar refractivity (Wildman–Crippen MR) is 324 cm³/mol. The first kappa shape index (κ1) is 117. The van der Waals surface area contributed by atoms with Crippen LogP contribution in [0.25, 0.3) is 0 Å². The monoisotopic (exact) mass is 1100 g/mol. The van der Waals surface area contributed by atoms with Crippen molar-refractivity contribution in [3.8, 4) is 0 Å². The Morgan fingerprint density at radius 3 is 0.649 bits per heavy atom. The lowest BCUT2D eigenvalue weighted by Crippen LogP contribution is -2.42. The molecule has 0 N–H and O–H groups in total. The van der Waals surface area contributed by atoms with Crippen molar-refractivity contribution in [3.63, 3.8) is 0 Å². The molecule has 0 aliphatic carbocycles. The fraction of sp³-hybridized carbons (Fsp3) is 1.00. The molecule has 0 aromatic carbocycles. The third-order valence-electron chi connectivity index (χ3n) is 7.99. The van der Waals surface area contributed by atoms with Crippen LogP contribution < -0.4 is 0 Å². The van der Waals surface area contributed by atoms with Gasteiger partial charge in [-0.2, -0.15) is 0 Å². The summed E-state index contributed by atoms with van der Waals surface area (Å²) in [7, 11) is 4.97. The molecule has 0 aliphatic heterocycles. The van der Waals surface area contributed by atoms with Crippen molar-refractivity contribution in [2.45, 2.75) is 183 Å². The van der Waals surface area contributed by atoms with Gasteiger partial charge in [-0.3, -0.25) is 0 Å². The predicted octanol–water partition coefficient (Wildman–Crippen LogP) is 13.0. The summed E-state index contributed by atoms with van der Waals surface area (Å²) in [5, 5.41) is 0. The van der Waals surface area contributed by atoms with Gasteiger partial charge in [-0.1, -0.05) is 96.5 Å². The van der Waals surface area contributed by atoms with Crippen molar-refractivity contribution in [3.05, 3.63) is 0 Å². The zero-order valence-electron chi connectivity index (χ0n) is 40.8. The van der Waals surface area contributed by atoms with Gasteiger partial charge in [-0.25, -0.2) is 0 Å². The fourth-order valence-electron chi connectivity index (χ4n) is 5.03. The van der Waals surface area contributed by atoms with Crippen molar-refractivity contribution in [1.29, 1.82) is 0 Å². The van der Waals surface area contributed by atoms with E-state index in [1.165, 1.54) is 0 Å². The second kappa shape index (κ2) is 97.8. The molecule has 0 saturated heterocycles. The average Bonchev–Trinajstić information content (AvgIpc) is 3.27. The second-order valence-corrected chi connectivity index (χ2v) is 13.3. The Labute approximate surface area is 467 Å². The molecule has 0 heterocycles. The van der Waals surface area contributed by atoms with Crippen LogP contribution in [0.1, 0.15) is 159 Å². The topological polar surface area (TPSA) is 157 Å². The minimum atomic E-state index is -0.240. The zero-order valence-corrected chi connectivity index (χ0v) is 40.8. The summed E-state index contributed by atoms with van der Waals surface area (Å²) in [4.78, 5) is 0. The maximum absolute atomic E-state index is 5.79. The number of rotatable bonds is 46. The van der Waals surface area contributed by atoms with Gasteiger partial charge in [0.2, 0.25) is 0 Å². The highest BCUT2D eigenvalue weighted by molar-refractivity contribution is 4.79. The van der Waals surface area contributed by atoms with E-state index < -0.39 is 0 Å². The van der Waals surface area contributed by atoms with Gasteiger partial charge in [0.05, 0.1) is 124 Å². The second-order valence-electron chi connectivity index (χ2n) is 13.3. The van der Waals surface area contributed by atoms with Gasteiger partial charge in [-0.15, -0.1) is 0 Å². The van der Waals surface area contributed by atoms with Gasteiger partial charge in [0.1, 0.15) is 24.4 Å². The molecule has 0 saturated carbocycles. The number of methoxy groups -OCH3 is 3. The van der Waals surface area contributed by atoms with E-state index in [1.807, 2.05) is 62.3 Å². The van der Waals surface area contributed by atoms with Gasteiger partial charge in [-0.05, 0) is 62.3 Å². The standard InChI is InChI=1S/C20H42O8.C14H30O5.C10H22O4.13CH4/c1-6-22-12-18(26-7-2)14-24-16-20(28-9-4)17-25-15-19(27-8-3)13-23-11-10-21-5;1-5-16-10-14(11-17-6-2,12-18-7-3)13-19-9-8-15-4;1-4-12-8-10(14-5-2)9-13-7-6-11-3;;;;;;;;;;;;;/h18-20H,6-17H2,1-5H3;5-13H2,1-4H3;10H,4-9H2,1-3H3;13*1H4. The molecule has 4 unspecified atom stereocenters. The minimum Gasteiger partial charge on any atom is -0.382 e. The van der Waals surface area contributed by atoms with E-state index in [4.69, 9.17) is 80.5 Å². The molecule has 0 bridgehead atoms. The van der Waals surface area contributed by atoms with Crippen LogP contribution in [0, 0.1) is 5.41 Å². The summed E-state index contributed by atoms with van der Waals surface area (Å²) in [6.45, 7) is 33.4. The number of hydrogen-bond acceptors (Lipinski definition) is 17. The molecule has 0 fully saturated rings. The van der Waals surface area contributed by atoms with Crippen molar-refractivity contribution in [2.24, 2.45) is 5.41 Å². The first-order valence-electron chi connectivity index (χ1n) is 22.5. The Morgan fingerprint density at radius 1 is 0.230 bits per heavy atom. The van der Waals surface area contributed by atoms with Crippen LogP contribution in [-0.2, 0) is 80.5 Å². The Balaban J connectivity index is -0.0000000469. The molecule has 0 radical (unpaired) electrons. The van der Waals surface area contributed by atoms with Crippen LogP contribution in [-0.4, -0.2) is 224 Å². The molecule has 0 aliphatic rings. The number of ether oxygens (including phenoxy) is 17. The van der Waals surface area contributed by atoms with Gasteiger partial charge >= 0.3 is 0 Å². The Bertz CT molecular complexity index is 772. The maximum Gasteiger partial charge on any atom is 0.104 e. The van der Waals surface area contributed by atoms with Crippen LogP contribution in [0.5, 0.6) is 0 Å². The first-order valence-corrected chi connectivity index (χ1v) is 22.5. The largest absolute Gasteiger partial charge is 0.382 e. The third-order valence-corrected chi connectivity index (χ3v) is 7.99. The summed E-state index contributed by atoms with van der Waals surface area (Å²) in [5.41, 5.74) is -0.240. The molecular formula is C57H146O17. The van der Waals surface area contributed by atoms with E-state index in [1.54, 1.807) is 21.3 Å². The van der Waals surface area contributed by atoms with E-state index in [0.717, 1.165) is 0 Å². The highest BCUT2D eigenvalue weighted by atomic mass is 16.6. The molecule has 17 heteroatoms. The van der Waals surface area contributed by atoms with E-state index in [9.17, 15) is 0 Å². The lowest BCUT2D eigenvalue weighted by Gasteiger charge is -2.32. The van der Waals surface area contributed by atoms with Crippen LogP contribution in [0.2, 0.25) is 0 Å². The normalized spacial score (nSPS) is 11.2. The molecule has 476 valence electrons. The fourth-order valence-corrected chi connectivity index (χ4v) is 5.03. The zero-order chi connectivity index (χ0) is 45.9. The minimum absolute atomic E-state index is 0. The van der Waals surface area contributed by atoms with Crippen molar-refractivity contribution < 1.29 is 80.5 Å². The van der Waals surface area contributed by atoms with E-state index in [2.05, 4.69) is 0 Å². The van der Waals surface area contributed by atoms with E-state index in [0.29, 0.717) is 178 Å². The maximum atomic E-state index is 5.79. The van der Waals surface area contributed by atoms with E-state index in [-0.39, 0.29) is 126 Å². The Morgan fingerprint density at radius 2 is 0.432 bits per heavy atom. The molecular weight excluding hydrogens is 957 g/mol. The molecule has 17 nitrogen and oxygen atoms in total. The summed E-state index contributed by atoms with van der Waals surface area (Å²) in [6.07, 6.45) is -0.286. The summed E-state index contributed by atoms with van der Waals surface area (Å²) in [5.74, 6) is 0. The molecule has 0 aromatic rings.